The first-order valence-corrected chi connectivity index (χ1v) is 19.1. The topological polar surface area (TPSA) is 25.8 Å². The molecule has 0 amide bonds. The Kier molecular flexibility index (Phi) is 6.93. The second kappa shape index (κ2) is 12.1. The molecule has 258 valence electrons. The van der Waals surface area contributed by atoms with Gasteiger partial charge in [-0.2, -0.15) is 0 Å². The van der Waals surface area contributed by atoms with Crippen molar-refractivity contribution in [1.29, 1.82) is 0 Å². The Morgan fingerprint density at radius 1 is 0.345 bits per heavy atom. The fraction of sp³-hybridized carbons (Fsp3) is 0.0566. The minimum Gasteiger partial charge on any atom is -0.228 e. The van der Waals surface area contributed by atoms with Gasteiger partial charge in [0.15, 0.2) is 5.82 Å². The van der Waals surface area contributed by atoms with Gasteiger partial charge in [-0.1, -0.05) is 190 Å². The number of nitrogens with zero attached hydrogens (tertiary/aromatic N) is 2. The number of benzene rings is 9. The van der Waals surface area contributed by atoms with Gasteiger partial charge in [-0.3, -0.25) is 0 Å². The van der Waals surface area contributed by atoms with E-state index in [0.29, 0.717) is 0 Å². The number of aromatic nitrogens is 2. The lowest BCUT2D eigenvalue weighted by Crippen LogP contribution is -2.16. The van der Waals surface area contributed by atoms with E-state index in [4.69, 9.17) is 9.97 Å². The van der Waals surface area contributed by atoms with Gasteiger partial charge in [-0.05, 0) is 82.5 Å². The summed E-state index contributed by atoms with van der Waals surface area (Å²) in [7, 11) is 0. The molecule has 9 aromatic carbocycles. The first-order valence-electron chi connectivity index (χ1n) is 19.1. The van der Waals surface area contributed by atoms with Crippen molar-refractivity contribution < 1.29 is 0 Å². The summed E-state index contributed by atoms with van der Waals surface area (Å²) in [4.78, 5) is 10.7. The molecular formula is C53H36N2. The third kappa shape index (κ3) is 4.81. The van der Waals surface area contributed by atoms with Gasteiger partial charge < -0.3 is 0 Å². The van der Waals surface area contributed by atoms with Crippen LogP contribution in [0, 0.1) is 0 Å². The standard InChI is InChI=1S/C53H36N2/c1-53(2)47-31-28-35-16-5-8-21-38(35)50(47)46-27-13-25-44(51(46)53)41-29-30-43(40-23-10-9-22-39(40)41)49-32-48(42-24-11-17-33-14-3-6-19-36(33)42)54-52(55-49)45-26-12-18-34-15-4-7-20-37(34)45/h3-32H,1-2H3. The molecular weight excluding hydrogens is 665 g/mol. The third-order valence-electron chi connectivity index (χ3n) is 11.9. The summed E-state index contributed by atoms with van der Waals surface area (Å²) in [6.07, 6.45) is 0. The van der Waals surface area contributed by atoms with Crippen LogP contribution in [0.5, 0.6) is 0 Å². The van der Waals surface area contributed by atoms with Crippen LogP contribution in [-0.4, -0.2) is 9.97 Å². The maximum atomic E-state index is 5.41. The van der Waals surface area contributed by atoms with Gasteiger partial charge in [0.1, 0.15) is 0 Å². The van der Waals surface area contributed by atoms with Crippen LogP contribution < -0.4 is 0 Å². The summed E-state index contributed by atoms with van der Waals surface area (Å²) in [6.45, 7) is 4.77. The van der Waals surface area contributed by atoms with Gasteiger partial charge in [0.25, 0.3) is 0 Å². The normalized spacial score (nSPS) is 13.1. The summed E-state index contributed by atoms with van der Waals surface area (Å²) >= 11 is 0. The highest BCUT2D eigenvalue weighted by molar-refractivity contribution is 6.09. The fourth-order valence-corrected chi connectivity index (χ4v) is 9.35. The smallest absolute Gasteiger partial charge is 0.161 e. The molecule has 0 unspecified atom stereocenters. The molecule has 1 aliphatic rings. The van der Waals surface area contributed by atoms with Crippen molar-refractivity contribution in [3.8, 4) is 56.2 Å². The first-order chi connectivity index (χ1) is 27.0. The molecule has 11 rings (SSSR count). The summed E-state index contributed by atoms with van der Waals surface area (Å²) < 4.78 is 0. The lowest BCUT2D eigenvalue weighted by atomic mass is 9.78. The molecule has 0 bridgehead atoms. The molecule has 55 heavy (non-hydrogen) atoms. The summed E-state index contributed by atoms with van der Waals surface area (Å²) in [5.41, 5.74) is 12.8. The Labute approximate surface area is 320 Å². The van der Waals surface area contributed by atoms with E-state index in [9.17, 15) is 0 Å². The zero-order chi connectivity index (χ0) is 36.7. The predicted octanol–water partition coefficient (Wildman–Crippen LogP) is 14.1. The monoisotopic (exact) mass is 700 g/mol. The van der Waals surface area contributed by atoms with Crippen LogP contribution in [0.15, 0.2) is 182 Å². The van der Waals surface area contributed by atoms with Crippen LogP contribution in [0.2, 0.25) is 0 Å². The van der Waals surface area contributed by atoms with E-state index in [1.165, 1.54) is 71.1 Å². The molecule has 0 aliphatic heterocycles. The number of hydrogen-bond acceptors (Lipinski definition) is 2. The van der Waals surface area contributed by atoms with Crippen molar-refractivity contribution in [2.24, 2.45) is 0 Å². The zero-order valence-electron chi connectivity index (χ0n) is 30.7. The summed E-state index contributed by atoms with van der Waals surface area (Å²) in [5, 5.41) is 9.65. The van der Waals surface area contributed by atoms with Gasteiger partial charge in [-0.15, -0.1) is 0 Å². The highest BCUT2D eigenvalue weighted by Crippen LogP contribution is 2.55. The molecule has 0 saturated carbocycles. The van der Waals surface area contributed by atoms with Crippen LogP contribution in [0.1, 0.15) is 25.0 Å². The summed E-state index contributed by atoms with van der Waals surface area (Å²) in [5.74, 6) is 0.720. The van der Waals surface area contributed by atoms with E-state index >= 15 is 0 Å². The van der Waals surface area contributed by atoms with Crippen molar-refractivity contribution in [3.63, 3.8) is 0 Å². The average molecular weight is 701 g/mol. The van der Waals surface area contributed by atoms with Crippen LogP contribution in [0.3, 0.4) is 0 Å². The molecule has 1 aromatic heterocycles. The molecule has 10 aromatic rings. The lowest BCUT2D eigenvalue weighted by molar-refractivity contribution is 0.662. The Bertz CT molecular complexity index is 3080. The van der Waals surface area contributed by atoms with Crippen molar-refractivity contribution in [1.82, 2.24) is 9.97 Å². The van der Waals surface area contributed by atoms with Crippen LogP contribution in [-0.2, 0) is 5.41 Å². The van der Waals surface area contributed by atoms with Gasteiger partial charge in [-0.25, -0.2) is 9.97 Å². The van der Waals surface area contributed by atoms with Gasteiger partial charge in [0, 0.05) is 22.1 Å². The maximum absolute atomic E-state index is 5.41. The third-order valence-corrected chi connectivity index (χ3v) is 11.9. The molecule has 2 nitrogen and oxygen atoms in total. The molecule has 2 heteroatoms. The zero-order valence-corrected chi connectivity index (χ0v) is 30.7. The van der Waals surface area contributed by atoms with Gasteiger partial charge in [0.2, 0.25) is 0 Å². The molecule has 0 saturated heterocycles. The van der Waals surface area contributed by atoms with Crippen LogP contribution >= 0.6 is 0 Å². The number of hydrogen-bond donors (Lipinski definition) is 0. The minimum absolute atomic E-state index is 0.168. The molecule has 0 spiro atoms. The molecule has 0 atom stereocenters. The second-order valence-electron chi connectivity index (χ2n) is 15.3. The van der Waals surface area contributed by atoms with E-state index in [1.807, 2.05) is 0 Å². The Hall–Kier alpha value is -6.90. The van der Waals surface area contributed by atoms with Crippen molar-refractivity contribution in [3.05, 3.63) is 193 Å². The molecule has 1 heterocycles. The van der Waals surface area contributed by atoms with Crippen molar-refractivity contribution in [2.45, 2.75) is 19.3 Å². The van der Waals surface area contributed by atoms with Gasteiger partial charge in [0.05, 0.1) is 11.4 Å². The van der Waals surface area contributed by atoms with Crippen LogP contribution in [0.25, 0.3) is 99.2 Å². The largest absolute Gasteiger partial charge is 0.228 e. The SMILES string of the molecule is CC1(C)c2ccc3ccccc3c2-c2cccc(-c3ccc(-c4cc(-c5cccc6ccccc56)nc(-c5cccc6ccccc56)n4)c4ccccc34)c21. The second-order valence-corrected chi connectivity index (χ2v) is 15.3. The van der Waals surface area contributed by atoms with E-state index < -0.39 is 0 Å². The molecule has 0 radical (unpaired) electrons. The van der Waals surface area contributed by atoms with E-state index in [-0.39, 0.29) is 5.41 Å². The van der Waals surface area contributed by atoms with E-state index in [1.54, 1.807) is 0 Å². The van der Waals surface area contributed by atoms with Crippen molar-refractivity contribution >= 4 is 43.1 Å². The Morgan fingerprint density at radius 3 is 1.49 bits per heavy atom. The minimum atomic E-state index is -0.168. The van der Waals surface area contributed by atoms with E-state index in [2.05, 4.69) is 196 Å². The number of rotatable bonds is 4. The highest BCUT2D eigenvalue weighted by Gasteiger charge is 2.38. The molecule has 0 N–H and O–H groups in total. The quantitative estimate of drug-likeness (QED) is 0.183. The maximum Gasteiger partial charge on any atom is 0.161 e. The molecule has 1 aliphatic carbocycles. The van der Waals surface area contributed by atoms with E-state index in [0.717, 1.165) is 39.3 Å². The lowest BCUT2D eigenvalue weighted by Gasteiger charge is -2.25. The summed E-state index contributed by atoms with van der Waals surface area (Å²) in [6, 6.07) is 65.9. The first kappa shape index (κ1) is 31.6. The average Bonchev–Trinajstić information content (AvgIpc) is 3.49. The van der Waals surface area contributed by atoms with Gasteiger partial charge >= 0.3 is 0 Å². The van der Waals surface area contributed by atoms with Crippen molar-refractivity contribution in [2.75, 3.05) is 0 Å². The fourth-order valence-electron chi connectivity index (χ4n) is 9.35. The van der Waals surface area contributed by atoms with Crippen LogP contribution in [0.4, 0.5) is 0 Å². The Morgan fingerprint density at radius 2 is 0.800 bits per heavy atom. The highest BCUT2D eigenvalue weighted by atomic mass is 14.9. The predicted molar refractivity (Wildman–Crippen MR) is 231 cm³/mol. The number of fused-ring (bicyclic) bond motifs is 8. The molecule has 0 fully saturated rings. The Balaban J connectivity index is 1.15.